The molecule has 1 heterocycles. The fourth-order valence-electron chi connectivity index (χ4n) is 1.09. The van der Waals surface area contributed by atoms with E-state index in [4.69, 9.17) is 0 Å². The van der Waals surface area contributed by atoms with Gasteiger partial charge in [-0.2, -0.15) is 0 Å². The lowest BCUT2D eigenvalue weighted by atomic mass is 10.3. The van der Waals surface area contributed by atoms with Gasteiger partial charge in [0.25, 0.3) is 0 Å². The molecule has 0 aromatic heterocycles. The van der Waals surface area contributed by atoms with Gasteiger partial charge in [-0.25, -0.2) is 10.9 Å². The zero-order chi connectivity index (χ0) is 5.40. The van der Waals surface area contributed by atoms with Crippen molar-refractivity contribution < 1.29 is 0 Å². The minimum absolute atomic E-state index is 0.565. The van der Waals surface area contributed by atoms with Gasteiger partial charge in [0.1, 0.15) is 0 Å². The summed E-state index contributed by atoms with van der Waals surface area (Å²) in [5, 5.41) is 3.30. The molecular weight excluding hydrogens is 102 g/mol. The van der Waals surface area contributed by atoms with Crippen molar-refractivity contribution in [1.82, 2.24) is 16.2 Å². The molecule has 0 aromatic rings. The van der Waals surface area contributed by atoms with E-state index in [0.29, 0.717) is 6.17 Å². The Morgan fingerprint density at radius 1 is 1.25 bits per heavy atom. The van der Waals surface area contributed by atoms with Gasteiger partial charge >= 0.3 is 0 Å². The third-order valence-corrected chi connectivity index (χ3v) is 1.76. The summed E-state index contributed by atoms with van der Waals surface area (Å²) in [6.07, 6.45) is 3.36. The summed E-state index contributed by atoms with van der Waals surface area (Å²) < 4.78 is 0. The smallest absolute Gasteiger partial charge is 0.0743 e. The molecule has 46 valence electrons. The van der Waals surface area contributed by atoms with Crippen LogP contribution < -0.4 is 16.2 Å². The lowest BCUT2D eigenvalue weighted by molar-refractivity contribution is 0.473. The molecule has 1 aliphatic heterocycles. The molecule has 0 spiro atoms. The molecule has 3 N–H and O–H groups in total. The van der Waals surface area contributed by atoms with Crippen molar-refractivity contribution >= 4 is 0 Å². The molecule has 0 aromatic carbocycles. The number of nitrogens with one attached hydrogen (secondary N) is 3. The molecule has 8 heavy (non-hydrogen) atoms. The molecule has 0 radical (unpaired) electrons. The molecule has 2 fully saturated rings. The van der Waals surface area contributed by atoms with Crippen LogP contribution in [0.1, 0.15) is 12.8 Å². The number of hydrogen-bond donors (Lipinski definition) is 3. The molecule has 1 saturated carbocycles. The van der Waals surface area contributed by atoms with Gasteiger partial charge in [0.2, 0.25) is 0 Å². The summed E-state index contributed by atoms with van der Waals surface area (Å²) in [6, 6.07) is 0. The van der Waals surface area contributed by atoms with Crippen molar-refractivity contribution in [2.24, 2.45) is 5.92 Å². The molecule has 0 amide bonds. The van der Waals surface area contributed by atoms with Gasteiger partial charge in [0, 0.05) is 0 Å². The van der Waals surface area contributed by atoms with Crippen LogP contribution in [0.5, 0.6) is 0 Å². The Bertz CT molecular complexity index is 83.7. The largest absolute Gasteiger partial charge is 0.287 e. The van der Waals surface area contributed by atoms with E-state index in [1.165, 1.54) is 12.8 Å². The highest BCUT2D eigenvalue weighted by molar-refractivity contribution is 4.85. The second-order valence-corrected chi connectivity index (χ2v) is 2.52. The molecule has 3 nitrogen and oxygen atoms in total. The summed E-state index contributed by atoms with van der Waals surface area (Å²) in [5.41, 5.74) is 6.19. The predicted molar refractivity (Wildman–Crippen MR) is 30.8 cm³/mol. The van der Waals surface area contributed by atoms with E-state index >= 15 is 0 Å². The Kier molecular flexibility index (Phi) is 0.997. The molecule has 3 heteroatoms. The van der Waals surface area contributed by atoms with Crippen molar-refractivity contribution in [3.8, 4) is 0 Å². The molecule has 1 atom stereocenters. The van der Waals surface area contributed by atoms with E-state index in [1.54, 1.807) is 0 Å². The Labute approximate surface area is 48.8 Å². The standard InChI is InChI=1S/C5H11N3/c1-2-4(1)5-6-3-7-8-5/h4-8H,1-3H2. The fourth-order valence-corrected chi connectivity index (χ4v) is 1.09. The number of hydrazine groups is 1. The first-order chi connectivity index (χ1) is 3.97. The van der Waals surface area contributed by atoms with Gasteiger partial charge in [0.05, 0.1) is 12.8 Å². The van der Waals surface area contributed by atoms with Crippen molar-refractivity contribution in [2.75, 3.05) is 6.67 Å². The van der Waals surface area contributed by atoms with Crippen LogP contribution in [0.15, 0.2) is 0 Å². The van der Waals surface area contributed by atoms with Crippen LogP contribution in [-0.2, 0) is 0 Å². The average Bonchev–Trinajstić information content (AvgIpc) is 2.49. The van der Waals surface area contributed by atoms with Crippen LogP contribution in [0.3, 0.4) is 0 Å². The monoisotopic (exact) mass is 113 g/mol. The highest BCUT2D eigenvalue weighted by Crippen LogP contribution is 2.31. The minimum atomic E-state index is 0.565. The first kappa shape index (κ1) is 4.73. The Hall–Kier alpha value is -0.120. The first-order valence-electron chi connectivity index (χ1n) is 3.18. The Balaban J connectivity index is 1.86. The Morgan fingerprint density at radius 2 is 2.12 bits per heavy atom. The van der Waals surface area contributed by atoms with Crippen LogP contribution in [0.4, 0.5) is 0 Å². The van der Waals surface area contributed by atoms with Crippen LogP contribution in [0.25, 0.3) is 0 Å². The van der Waals surface area contributed by atoms with Crippen molar-refractivity contribution in [2.45, 2.75) is 19.0 Å². The van der Waals surface area contributed by atoms with Crippen molar-refractivity contribution in [1.29, 1.82) is 0 Å². The van der Waals surface area contributed by atoms with E-state index < -0.39 is 0 Å². The van der Waals surface area contributed by atoms with Crippen LogP contribution in [0.2, 0.25) is 0 Å². The van der Waals surface area contributed by atoms with Gasteiger partial charge in [-0.3, -0.25) is 5.32 Å². The van der Waals surface area contributed by atoms with Crippen LogP contribution >= 0.6 is 0 Å². The van der Waals surface area contributed by atoms with E-state index in [1.807, 2.05) is 0 Å². The molecule has 2 rings (SSSR count). The quantitative estimate of drug-likeness (QED) is 0.424. The van der Waals surface area contributed by atoms with Gasteiger partial charge < -0.3 is 0 Å². The molecule has 1 saturated heterocycles. The summed E-state index contributed by atoms with van der Waals surface area (Å²) in [4.78, 5) is 0. The first-order valence-corrected chi connectivity index (χ1v) is 3.18. The Morgan fingerprint density at radius 3 is 2.62 bits per heavy atom. The zero-order valence-electron chi connectivity index (χ0n) is 4.78. The topological polar surface area (TPSA) is 36.1 Å². The second-order valence-electron chi connectivity index (χ2n) is 2.52. The number of rotatable bonds is 1. The van der Waals surface area contributed by atoms with Gasteiger partial charge in [-0.15, -0.1) is 0 Å². The molecule has 1 unspecified atom stereocenters. The van der Waals surface area contributed by atoms with Gasteiger partial charge in [-0.05, 0) is 18.8 Å². The third-order valence-electron chi connectivity index (χ3n) is 1.76. The fraction of sp³-hybridized carbons (Fsp3) is 1.00. The molecule has 1 aliphatic carbocycles. The maximum absolute atomic E-state index is 3.30. The van der Waals surface area contributed by atoms with E-state index in [9.17, 15) is 0 Å². The lowest BCUT2D eigenvalue weighted by Gasteiger charge is -2.04. The lowest BCUT2D eigenvalue weighted by Crippen LogP contribution is -2.35. The highest BCUT2D eigenvalue weighted by Gasteiger charge is 2.32. The summed E-state index contributed by atoms with van der Waals surface area (Å²) in [7, 11) is 0. The van der Waals surface area contributed by atoms with Gasteiger partial charge in [-0.1, -0.05) is 0 Å². The second kappa shape index (κ2) is 1.69. The van der Waals surface area contributed by atoms with Crippen molar-refractivity contribution in [3.63, 3.8) is 0 Å². The summed E-state index contributed by atoms with van der Waals surface area (Å²) in [6.45, 7) is 0.918. The maximum Gasteiger partial charge on any atom is 0.0743 e. The van der Waals surface area contributed by atoms with Crippen LogP contribution in [-0.4, -0.2) is 12.8 Å². The maximum atomic E-state index is 3.30. The van der Waals surface area contributed by atoms with E-state index in [-0.39, 0.29) is 0 Å². The van der Waals surface area contributed by atoms with Crippen LogP contribution in [0, 0.1) is 5.92 Å². The van der Waals surface area contributed by atoms with Crippen molar-refractivity contribution in [3.05, 3.63) is 0 Å². The minimum Gasteiger partial charge on any atom is -0.287 e. The highest BCUT2D eigenvalue weighted by atomic mass is 15.5. The molecular formula is C5H11N3. The summed E-state index contributed by atoms with van der Waals surface area (Å²) in [5.74, 6) is 0.907. The predicted octanol–water partition coefficient (Wildman–Crippen LogP) is -0.623. The SMILES string of the molecule is C1NNC(C2CC2)N1. The van der Waals surface area contributed by atoms with E-state index in [2.05, 4.69) is 16.2 Å². The number of hydrogen-bond acceptors (Lipinski definition) is 3. The normalized spacial score (nSPS) is 38.2. The molecule has 2 aliphatic rings. The van der Waals surface area contributed by atoms with E-state index in [0.717, 1.165) is 12.6 Å². The third kappa shape index (κ3) is 0.727. The van der Waals surface area contributed by atoms with Gasteiger partial charge in [0.15, 0.2) is 0 Å². The molecule has 0 bridgehead atoms. The zero-order valence-corrected chi connectivity index (χ0v) is 4.78. The average molecular weight is 113 g/mol. The summed E-state index contributed by atoms with van der Waals surface area (Å²) >= 11 is 0.